The van der Waals surface area contributed by atoms with Crippen LogP contribution in [0.5, 0.6) is 0 Å². The van der Waals surface area contributed by atoms with Crippen molar-refractivity contribution in [3.05, 3.63) is 21.9 Å². The molecule has 19 heavy (non-hydrogen) atoms. The SMILES string of the molecule is CC(C)N[C@H](C(=O)N1CCc2sccc2C1)C(C)C. The Balaban J connectivity index is 2.06. The molecule has 106 valence electrons. The Morgan fingerprint density at radius 1 is 1.37 bits per heavy atom. The summed E-state index contributed by atoms with van der Waals surface area (Å²) in [6.07, 6.45) is 1.01. The quantitative estimate of drug-likeness (QED) is 0.919. The largest absolute Gasteiger partial charge is 0.337 e. The first-order chi connectivity index (χ1) is 8.99. The number of nitrogens with one attached hydrogen (secondary N) is 1. The zero-order valence-corrected chi connectivity index (χ0v) is 13.1. The molecule has 3 nitrogen and oxygen atoms in total. The van der Waals surface area contributed by atoms with E-state index in [9.17, 15) is 4.79 Å². The van der Waals surface area contributed by atoms with Crippen LogP contribution in [0.2, 0.25) is 0 Å². The Morgan fingerprint density at radius 3 is 2.74 bits per heavy atom. The molecule has 1 aliphatic heterocycles. The number of thiophene rings is 1. The lowest BCUT2D eigenvalue weighted by atomic mass is 10.00. The summed E-state index contributed by atoms with van der Waals surface area (Å²) in [5.41, 5.74) is 1.33. The topological polar surface area (TPSA) is 32.3 Å². The van der Waals surface area contributed by atoms with Crippen LogP contribution in [-0.2, 0) is 17.8 Å². The first-order valence-corrected chi connectivity index (χ1v) is 7.97. The molecule has 0 radical (unpaired) electrons. The van der Waals surface area contributed by atoms with Crippen molar-refractivity contribution in [2.45, 2.75) is 52.7 Å². The first kappa shape index (κ1) is 14.5. The smallest absolute Gasteiger partial charge is 0.240 e. The maximum Gasteiger partial charge on any atom is 0.240 e. The zero-order valence-electron chi connectivity index (χ0n) is 12.3. The molecule has 1 aromatic heterocycles. The molecule has 1 aromatic rings. The molecule has 0 spiro atoms. The lowest BCUT2D eigenvalue weighted by molar-refractivity contribution is -0.135. The van der Waals surface area contributed by atoms with Gasteiger partial charge in [-0.1, -0.05) is 27.7 Å². The highest BCUT2D eigenvalue weighted by Crippen LogP contribution is 2.24. The summed E-state index contributed by atoms with van der Waals surface area (Å²) in [4.78, 5) is 16.1. The maximum atomic E-state index is 12.7. The summed E-state index contributed by atoms with van der Waals surface area (Å²) in [7, 11) is 0. The molecular formula is C15H24N2OS. The van der Waals surface area contributed by atoms with Crippen LogP contribution in [0.3, 0.4) is 0 Å². The van der Waals surface area contributed by atoms with E-state index < -0.39 is 0 Å². The molecule has 1 amide bonds. The van der Waals surface area contributed by atoms with Crippen LogP contribution in [0.15, 0.2) is 11.4 Å². The van der Waals surface area contributed by atoms with Crippen molar-refractivity contribution < 1.29 is 4.79 Å². The number of carbonyl (C=O) groups is 1. The normalized spacial score (nSPS) is 16.8. The van der Waals surface area contributed by atoms with Gasteiger partial charge < -0.3 is 10.2 Å². The molecule has 0 saturated carbocycles. The summed E-state index contributed by atoms with van der Waals surface area (Å²) in [5, 5.41) is 5.54. The molecule has 4 heteroatoms. The van der Waals surface area contributed by atoms with E-state index in [0.29, 0.717) is 12.0 Å². The molecule has 1 aliphatic rings. The minimum atomic E-state index is -0.0693. The van der Waals surface area contributed by atoms with Gasteiger partial charge in [-0.05, 0) is 29.3 Å². The van der Waals surface area contributed by atoms with Gasteiger partial charge in [0.1, 0.15) is 0 Å². The fourth-order valence-corrected chi connectivity index (χ4v) is 3.43. The summed E-state index contributed by atoms with van der Waals surface area (Å²) in [5.74, 6) is 0.569. The number of nitrogens with zero attached hydrogens (tertiary/aromatic N) is 1. The van der Waals surface area contributed by atoms with Crippen LogP contribution in [0, 0.1) is 5.92 Å². The number of carbonyl (C=O) groups excluding carboxylic acids is 1. The molecular weight excluding hydrogens is 256 g/mol. The minimum Gasteiger partial charge on any atom is -0.337 e. The molecule has 0 fully saturated rings. The van der Waals surface area contributed by atoms with Crippen molar-refractivity contribution in [2.75, 3.05) is 6.54 Å². The maximum absolute atomic E-state index is 12.7. The van der Waals surface area contributed by atoms with Gasteiger partial charge in [0, 0.05) is 24.0 Å². The highest BCUT2D eigenvalue weighted by molar-refractivity contribution is 7.10. The number of hydrogen-bond acceptors (Lipinski definition) is 3. The van der Waals surface area contributed by atoms with E-state index in [4.69, 9.17) is 0 Å². The van der Waals surface area contributed by atoms with Gasteiger partial charge in [-0.25, -0.2) is 0 Å². The first-order valence-electron chi connectivity index (χ1n) is 7.09. The van der Waals surface area contributed by atoms with Crippen molar-refractivity contribution in [2.24, 2.45) is 5.92 Å². The predicted octanol–water partition coefficient (Wildman–Crippen LogP) is 2.66. The number of amides is 1. The van der Waals surface area contributed by atoms with E-state index >= 15 is 0 Å². The van der Waals surface area contributed by atoms with Crippen LogP contribution < -0.4 is 5.32 Å². The van der Waals surface area contributed by atoms with Crippen LogP contribution in [0.1, 0.15) is 38.1 Å². The molecule has 0 saturated heterocycles. The van der Waals surface area contributed by atoms with Gasteiger partial charge in [0.05, 0.1) is 6.04 Å². The molecule has 1 atom stereocenters. The van der Waals surface area contributed by atoms with Crippen LogP contribution >= 0.6 is 11.3 Å². The fourth-order valence-electron chi connectivity index (χ4n) is 2.54. The minimum absolute atomic E-state index is 0.0693. The van der Waals surface area contributed by atoms with Gasteiger partial charge in [0.25, 0.3) is 0 Å². The van der Waals surface area contributed by atoms with Crippen molar-refractivity contribution in [1.82, 2.24) is 10.2 Å². The highest BCUT2D eigenvalue weighted by Gasteiger charge is 2.29. The van der Waals surface area contributed by atoms with Crippen LogP contribution in [0.25, 0.3) is 0 Å². The van der Waals surface area contributed by atoms with Gasteiger partial charge in [0.15, 0.2) is 0 Å². The Bertz CT molecular complexity index is 439. The second kappa shape index (κ2) is 6.06. The lowest BCUT2D eigenvalue weighted by Crippen LogP contribution is -2.52. The Morgan fingerprint density at radius 2 is 2.11 bits per heavy atom. The summed E-state index contributed by atoms with van der Waals surface area (Å²) in [6, 6.07) is 2.41. The average Bonchev–Trinajstić information content (AvgIpc) is 2.81. The van der Waals surface area contributed by atoms with E-state index in [0.717, 1.165) is 19.5 Å². The fraction of sp³-hybridized carbons (Fsp3) is 0.667. The van der Waals surface area contributed by atoms with Crippen molar-refractivity contribution in [1.29, 1.82) is 0 Å². The van der Waals surface area contributed by atoms with Gasteiger partial charge in [0.2, 0.25) is 5.91 Å². The zero-order chi connectivity index (χ0) is 14.0. The molecule has 0 unspecified atom stereocenters. The molecule has 0 aliphatic carbocycles. The van der Waals surface area contributed by atoms with E-state index in [1.54, 1.807) is 0 Å². The average molecular weight is 280 g/mol. The van der Waals surface area contributed by atoms with Gasteiger partial charge >= 0.3 is 0 Å². The Labute approximate surface area is 120 Å². The third kappa shape index (κ3) is 3.37. The van der Waals surface area contributed by atoms with Crippen molar-refractivity contribution in [3.63, 3.8) is 0 Å². The summed E-state index contributed by atoms with van der Waals surface area (Å²) in [6.45, 7) is 10.0. The van der Waals surface area contributed by atoms with Crippen LogP contribution in [-0.4, -0.2) is 29.4 Å². The Kier molecular flexibility index (Phi) is 4.63. The van der Waals surface area contributed by atoms with E-state index in [1.165, 1.54) is 10.4 Å². The standard InChI is InChI=1S/C15H24N2OS/c1-10(2)14(16-11(3)4)15(18)17-7-5-13-12(9-17)6-8-19-13/h6,8,10-11,14,16H,5,7,9H2,1-4H3/t14-/m0/s1. The number of rotatable bonds is 4. The predicted molar refractivity (Wildman–Crippen MR) is 80.3 cm³/mol. The van der Waals surface area contributed by atoms with Crippen molar-refractivity contribution >= 4 is 17.2 Å². The molecule has 0 aromatic carbocycles. The molecule has 1 N–H and O–H groups in total. The van der Waals surface area contributed by atoms with Gasteiger partial charge in [-0.3, -0.25) is 4.79 Å². The Hall–Kier alpha value is -0.870. The highest BCUT2D eigenvalue weighted by atomic mass is 32.1. The number of fused-ring (bicyclic) bond motifs is 1. The molecule has 0 bridgehead atoms. The molecule has 2 rings (SSSR count). The summed E-state index contributed by atoms with van der Waals surface area (Å²) < 4.78 is 0. The number of hydrogen-bond donors (Lipinski definition) is 1. The molecule has 2 heterocycles. The van der Waals surface area contributed by atoms with Gasteiger partial charge in [-0.15, -0.1) is 11.3 Å². The van der Waals surface area contributed by atoms with E-state index in [-0.39, 0.29) is 11.9 Å². The second-order valence-corrected chi connectivity index (χ2v) is 6.92. The third-order valence-corrected chi connectivity index (χ3v) is 4.59. The second-order valence-electron chi connectivity index (χ2n) is 5.92. The summed E-state index contributed by atoms with van der Waals surface area (Å²) >= 11 is 1.81. The van der Waals surface area contributed by atoms with E-state index in [2.05, 4.69) is 44.5 Å². The van der Waals surface area contributed by atoms with Crippen LogP contribution in [0.4, 0.5) is 0 Å². The monoisotopic (exact) mass is 280 g/mol. The van der Waals surface area contributed by atoms with Gasteiger partial charge in [-0.2, -0.15) is 0 Å². The van der Waals surface area contributed by atoms with E-state index in [1.807, 2.05) is 16.2 Å². The lowest BCUT2D eigenvalue weighted by Gasteiger charge is -2.33. The third-order valence-electron chi connectivity index (χ3n) is 3.56. The van der Waals surface area contributed by atoms with Crippen molar-refractivity contribution in [3.8, 4) is 0 Å².